The van der Waals surface area contributed by atoms with Gasteiger partial charge in [0.15, 0.2) is 0 Å². The molecule has 0 radical (unpaired) electrons. The number of hydrogen-bond donors (Lipinski definition) is 1. The molecule has 0 saturated carbocycles. The maximum absolute atomic E-state index is 11.4. The Kier molecular flexibility index (Phi) is 2.79. The van der Waals surface area contributed by atoms with Gasteiger partial charge in [-0.25, -0.2) is 4.79 Å². The third kappa shape index (κ3) is 1.86. The van der Waals surface area contributed by atoms with Gasteiger partial charge in [0, 0.05) is 12.0 Å². The zero-order chi connectivity index (χ0) is 11.7. The van der Waals surface area contributed by atoms with Gasteiger partial charge in [-0.2, -0.15) is 0 Å². The van der Waals surface area contributed by atoms with Crippen molar-refractivity contribution in [2.24, 2.45) is 0 Å². The first-order chi connectivity index (χ1) is 7.59. The molecule has 0 saturated heterocycles. The predicted molar refractivity (Wildman–Crippen MR) is 59.7 cm³/mol. The first-order valence-corrected chi connectivity index (χ1v) is 5.23. The summed E-state index contributed by atoms with van der Waals surface area (Å²) in [5.41, 5.74) is 2.12. The van der Waals surface area contributed by atoms with Gasteiger partial charge in [0.25, 0.3) is 0 Å². The number of benzene rings is 1. The van der Waals surface area contributed by atoms with E-state index in [-0.39, 0.29) is 6.10 Å². The number of ether oxygens (including phenoxy) is 1. The van der Waals surface area contributed by atoms with E-state index in [4.69, 9.17) is 4.74 Å². The molecule has 3 nitrogen and oxygen atoms in total. The molecule has 0 fully saturated rings. The van der Waals surface area contributed by atoms with Crippen molar-refractivity contribution in [2.75, 3.05) is 0 Å². The van der Waals surface area contributed by atoms with Gasteiger partial charge in [-0.3, -0.25) is 0 Å². The Morgan fingerprint density at radius 2 is 2.06 bits per heavy atom. The molecule has 0 aromatic heterocycles. The SMILES string of the molecule is C=C(C)C(=O)OC1CC(O)c2ccccc21. The summed E-state index contributed by atoms with van der Waals surface area (Å²) in [6.07, 6.45) is -0.465. The van der Waals surface area contributed by atoms with Crippen molar-refractivity contribution < 1.29 is 14.6 Å². The Morgan fingerprint density at radius 1 is 1.44 bits per heavy atom. The molecule has 0 heterocycles. The van der Waals surface area contributed by atoms with Crippen LogP contribution in [0.2, 0.25) is 0 Å². The molecule has 1 aromatic carbocycles. The van der Waals surface area contributed by atoms with Crippen molar-refractivity contribution >= 4 is 5.97 Å². The fourth-order valence-corrected chi connectivity index (χ4v) is 1.91. The fourth-order valence-electron chi connectivity index (χ4n) is 1.91. The van der Waals surface area contributed by atoms with Gasteiger partial charge in [-0.15, -0.1) is 0 Å². The molecule has 1 aliphatic carbocycles. The van der Waals surface area contributed by atoms with E-state index in [0.29, 0.717) is 12.0 Å². The maximum Gasteiger partial charge on any atom is 0.333 e. The van der Waals surface area contributed by atoms with E-state index >= 15 is 0 Å². The van der Waals surface area contributed by atoms with Crippen molar-refractivity contribution in [2.45, 2.75) is 25.6 Å². The summed E-state index contributed by atoms with van der Waals surface area (Å²) in [5.74, 6) is -0.408. The summed E-state index contributed by atoms with van der Waals surface area (Å²) in [6.45, 7) is 5.15. The second kappa shape index (κ2) is 4.10. The number of rotatable bonds is 2. The summed E-state index contributed by atoms with van der Waals surface area (Å²) in [5, 5.41) is 9.79. The van der Waals surface area contributed by atoms with Crippen LogP contribution in [0.4, 0.5) is 0 Å². The van der Waals surface area contributed by atoms with Crippen LogP contribution in [0.3, 0.4) is 0 Å². The second-order valence-electron chi connectivity index (χ2n) is 4.05. The van der Waals surface area contributed by atoms with Crippen molar-refractivity contribution in [1.82, 2.24) is 0 Å². The normalized spacial score (nSPS) is 22.6. The smallest absolute Gasteiger partial charge is 0.333 e. The van der Waals surface area contributed by atoms with Crippen molar-refractivity contribution in [1.29, 1.82) is 0 Å². The van der Waals surface area contributed by atoms with E-state index in [1.165, 1.54) is 0 Å². The monoisotopic (exact) mass is 218 g/mol. The number of carbonyl (C=O) groups excluding carboxylic acids is 1. The summed E-state index contributed by atoms with van der Waals surface area (Å²) in [7, 11) is 0. The molecule has 3 heteroatoms. The number of carbonyl (C=O) groups is 1. The zero-order valence-corrected chi connectivity index (χ0v) is 9.14. The van der Waals surface area contributed by atoms with E-state index in [9.17, 15) is 9.90 Å². The van der Waals surface area contributed by atoms with Crippen LogP contribution in [0.5, 0.6) is 0 Å². The minimum absolute atomic E-state index is 0.351. The summed E-state index contributed by atoms with van der Waals surface area (Å²) < 4.78 is 5.27. The highest BCUT2D eigenvalue weighted by Crippen LogP contribution is 2.40. The minimum Gasteiger partial charge on any atom is -0.454 e. The van der Waals surface area contributed by atoms with Crippen molar-refractivity contribution in [3.05, 3.63) is 47.5 Å². The molecular formula is C13H14O3. The molecule has 0 bridgehead atoms. The summed E-state index contributed by atoms with van der Waals surface area (Å²) in [4.78, 5) is 11.4. The van der Waals surface area contributed by atoms with E-state index in [1.807, 2.05) is 24.3 Å². The molecule has 1 aromatic rings. The maximum atomic E-state index is 11.4. The van der Waals surface area contributed by atoms with Gasteiger partial charge in [-0.1, -0.05) is 30.8 Å². The minimum atomic E-state index is -0.542. The number of fused-ring (bicyclic) bond motifs is 1. The summed E-state index contributed by atoms with van der Waals surface area (Å²) in [6, 6.07) is 7.47. The lowest BCUT2D eigenvalue weighted by Gasteiger charge is -2.12. The highest BCUT2D eigenvalue weighted by atomic mass is 16.5. The van der Waals surface area contributed by atoms with Crippen molar-refractivity contribution in [3.8, 4) is 0 Å². The molecule has 84 valence electrons. The lowest BCUT2D eigenvalue weighted by molar-refractivity contribution is -0.145. The average Bonchev–Trinajstić information content (AvgIpc) is 2.57. The van der Waals surface area contributed by atoms with E-state index < -0.39 is 12.1 Å². The Bertz CT molecular complexity index is 437. The quantitative estimate of drug-likeness (QED) is 0.612. The molecule has 2 unspecified atom stereocenters. The number of aliphatic hydroxyl groups is 1. The Labute approximate surface area is 94.4 Å². The summed E-state index contributed by atoms with van der Waals surface area (Å²) >= 11 is 0. The molecule has 0 amide bonds. The standard InChI is InChI=1S/C13H14O3/c1-8(2)13(15)16-12-7-11(14)9-5-3-4-6-10(9)12/h3-6,11-12,14H,1,7H2,2H3. The molecule has 2 atom stereocenters. The van der Waals surface area contributed by atoms with Gasteiger partial charge in [-0.05, 0) is 18.1 Å². The molecule has 1 N–H and O–H groups in total. The average molecular weight is 218 g/mol. The Hall–Kier alpha value is -1.61. The first-order valence-electron chi connectivity index (χ1n) is 5.23. The number of hydrogen-bond acceptors (Lipinski definition) is 3. The van der Waals surface area contributed by atoms with Crippen molar-refractivity contribution in [3.63, 3.8) is 0 Å². The van der Waals surface area contributed by atoms with Gasteiger partial charge in [0.05, 0.1) is 6.10 Å². The van der Waals surface area contributed by atoms with Gasteiger partial charge >= 0.3 is 5.97 Å². The van der Waals surface area contributed by atoms with E-state index in [0.717, 1.165) is 11.1 Å². The van der Waals surface area contributed by atoms with Crippen LogP contribution >= 0.6 is 0 Å². The molecular weight excluding hydrogens is 204 g/mol. The molecule has 2 rings (SSSR count). The van der Waals surface area contributed by atoms with Crippen LogP contribution in [0.25, 0.3) is 0 Å². The second-order valence-corrected chi connectivity index (χ2v) is 4.05. The lowest BCUT2D eigenvalue weighted by atomic mass is 10.1. The van der Waals surface area contributed by atoms with Gasteiger partial charge in [0.2, 0.25) is 0 Å². The topological polar surface area (TPSA) is 46.5 Å². The highest BCUT2D eigenvalue weighted by Gasteiger charge is 2.31. The van der Waals surface area contributed by atoms with Gasteiger partial charge < -0.3 is 9.84 Å². The van der Waals surface area contributed by atoms with Crippen LogP contribution in [0, 0.1) is 0 Å². The number of aliphatic hydroxyl groups excluding tert-OH is 1. The predicted octanol–water partition coefficient (Wildman–Crippen LogP) is 2.28. The lowest BCUT2D eigenvalue weighted by Crippen LogP contribution is -2.09. The highest BCUT2D eigenvalue weighted by molar-refractivity contribution is 5.87. The molecule has 1 aliphatic rings. The third-order valence-electron chi connectivity index (χ3n) is 2.74. The van der Waals surface area contributed by atoms with Crippen LogP contribution in [-0.2, 0) is 9.53 Å². The zero-order valence-electron chi connectivity index (χ0n) is 9.14. The Morgan fingerprint density at radius 3 is 2.69 bits per heavy atom. The molecule has 0 aliphatic heterocycles. The molecule has 16 heavy (non-hydrogen) atoms. The largest absolute Gasteiger partial charge is 0.454 e. The van der Waals surface area contributed by atoms with E-state index in [1.54, 1.807) is 6.92 Å². The fraction of sp³-hybridized carbons (Fsp3) is 0.308. The van der Waals surface area contributed by atoms with Crippen LogP contribution in [-0.4, -0.2) is 11.1 Å². The van der Waals surface area contributed by atoms with Crippen LogP contribution < -0.4 is 0 Å². The first kappa shape index (κ1) is 10.9. The molecule has 0 spiro atoms. The van der Waals surface area contributed by atoms with Gasteiger partial charge in [0.1, 0.15) is 6.10 Å². The van der Waals surface area contributed by atoms with Crippen LogP contribution in [0.15, 0.2) is 36.4 Å². The number of esters is 1. The Balaban J connectivity index is 2.21. The van der Waals surface area contributed by atoms with Crippen LogP contribution in [0.1, 0.15) is 36.7 Å². The van der Waals surface area contributed by atoms with E-state index in [2.05, 4.69) is 6.58 Å². The third-order valence-corrected chi connectivity index (χ3v) is 2.74.